The summed E-state index contributed by atoms with van der Waals surface area (Å²) in [6, 6.07) is 9.71. The Labute approximate surface area is 93.1 Å². The summed E-state index contributed by atoms with van der Waals surface area (Å²) in [4.78, 5) is 13.6. The minimum Gasteiger partial charge on any atom is -0.336 e. The number of aromatic nitrogens is 2. The van der Waals surface area contributed by atoms with E-state index in [9.17, 15) is 4.79 Å². The highest BCUT2D eigenvalue weighted by Gasteiger charge is 2.29. The summed E-state index contributed by atoms with van der Waals surface area (Å²) >= 11 is 0. The first-order valence-corrected chi connectivity index (χ1v) is 5.15. The smallest absolute Gasteiger partial charge is 0.272 e. The second-order valence-corrected chi connectivity index (χ2v) is 3.93. The first-order chi connectivity index (χ1) is 7.77. The van der Waals surface area contributed by atoms with Gasteiger partial charge in [-0.2, -0.15) is 5.10 Å². The molecule has 0 atom stereocenters. The lowest BCUT2D eigenvalue weighted by Crippen LogP contribution is -2.20. The van der Waals surface area contributed by atoms with Crippen molar-refractivity contribution in [2.45, 2.75) is 6.54 Å². The average molecular weight is 213 g/mol. The zero-order chi connectivity index (χ0) is 11.1. The lowest BCUT2D eigenvalue weighted by atomic mass is 10.3. The minimum atomic E-state index is 0.0383. The van der Waals surface area contributed by atoms with Crippen molar-refractivity contribution in [3.8, 4) is 5.69 Å². The lowest BCUT2D eigenvalue weighted by Gasteiger charge is -2.08. The van der Waals surface area contributed by atoms with Crippen LogP contribution in [0.25, 0.3) is 5.69 Å². The Morgan fingerprint density at radius 2 is 2.00 bits per heavy atom. The molecule has 0 fully saturated rings. The van der Waals surface area contributed by atoms with Crippen LogP contribution in [0.15, 0.2) is 36.5 Å². The topological polar surface area (TPSA) is 38.1 Å². The first kappa shape index (κ1) is 9.15. The summed E-state index contributed by atoms with van der Waals surface area (Å²) in [6.07, 6.45) is 1.77. The Bertz CT molecular complexity index is 545. The molecule has 2 heterocycles. The Kier molecular flexibility index (Phi) is 1.83. The van der Waals surface area contributed by atoms with Gasteiger partial charge in [0.2, 0.25) is 0 Å². The van der Waals surface area contributed by atoms with Crippen LogP contribution in [-0.4, -0.2) is 27.6 Å². The monoisotopic (exact) mass is 213 g/mol. The molecule has 1 aliphatic rings. The molecule has 0 aliphatic carbocycles. The van der Waals surface area contributed by atoms with Gasteiger partial charge in [0.1, 0.15) is 5.69 Å². The minimum absolute atomic E-state index is 0.0383. The van der Waals surface area contributed by atoms with Crippen molar-refractivity contribution < 1.29 is 4.79 Å². The van der Waals surface area contributed by atoms with E-state index in [1.165, 1.54) is 0 Å². The van der Waals surface area contributed by atoms with Gasteiger partial charge in [-0.25, -0.2) is 4.68 Å². The highest BCUT2D eigenvalue weighted by molar-refractivity contribution is 5.97. The molecule has 0 unspecified atom stereocenters. The molecule has 0 radical (unpaired) electrons. The molecule has 0 bridgehead atoms. The SMILES string of the molecule is CN1Cc2cnn(-c3ccccc3)c2C1=O. The standard InChI is InChI=1S/C12H11N3O/c1-14-8-9-7-13-15(11(9)12(14)16)10-5-3-2-4-6-10/h2-7H,8H2,1H3. The lowest BCUT2D eigenvalue weighted by molar-refractivity contribution is 0.0808. The van der Waals surface area contributed by atoms with Gasteiger partial charge in [0.15, 0.2) is 0 Å². The third-order valence-corrected chi connectivity index (χ3v) is 2.80. The highest BCUT2D eigenvalue weighted by Crippen LogP contribution is 2.23. The number of hydrogen-bond acceptors (Lipinski definition) is 2. The Hall–Kier alpha value is -2.10. The Morgan fingerprint density at radius 1 is 1.25 bits per heavy atom. The molecule has 1 aliphatic heterocycles. The largest absolute Gasteiger partial charge is 0.336 e. The zero-order valence-corrected chi connectivity index (χ0v) is 8.92. The van der Waals surface area contributed by atoms with Gasteiger partial charge in [0, 0.05) is 19.2 Å². The molecule has 16 heavy (non-hydrogen) atoms. The molecule has 1 amide bonds. The molecular weight excluding hydrogens is 202 g/mol. The fourth-order valence-corrected chi connectivity index (χ4v) is 2.00. The van der Waals surface area contributed by atoms with Gasteiger partial charge in [-0.05, 0) is 12.1 Å². The predicted octanol–water partition coefficient (Wildman–Crippen LogP) is 1.46. The molecule has 0 saturated heterocycles. The van der Waals surface area contributed by atoms with Crippen LogP contribution < -0.4 is 0 Å². The van der Waals surface area contributed by atoms with E-state index in [4.69, 9.17) is 0 Å². The van der Waals surface area contributed by atoms with E-state index in [1.54, 1.807) is 22.8 Å². The van der Waals surface area contributed by atoms with Crippen LogP contribution in [0.5, 0.6) is 0 Å². The van der Waals surface area contributed by atoms with E-state index in [-0.39, 0.29) is 5.91 Å². The summed E-state index contributed by atoms with van der Waals surface area (Å²) < 4.78 is 1.71. The van der Waals surface area contributed by atoms with Crippen LogP contribution >= 0.6 is 0 Å². The van der Waals surface area contributed by atoms with E-state index >= 15 is 0 Å². The third-order valence-electron chi connectivity index (χ3n) is 2.80. The van der Waals surface area contributed by atoms with Gasteiger partial charge < -0.3 is 4.90 Å². The van der Waals surface area contributed by atoms with Crippen molar-refractivity contribution in [2.24, 2.45) is 0 Å². The van der Waals surface area contributed by atoms with Gasteiger partial charge >= 0.3 is 0 Å². The Balaban J connectivity index is 2.16. The molecule has 0 spiro atoms. The van der Waals surface area contributed by atoms with Crippen LogP contribution in [0.1, 0.15) is 16.1 Å². The molecule has 1 aromatic carbocycles. The number of nitrogens with zero attached hydrogens (tertiary/aromatic N) is 3. The van der Waals surface area contributed by atoms with E-state index in [1.807, 2.05) is 30.3 Å². The number of carbonyl (C=O) groups excluding carboxylic acids is 1. The van der Waals surface area contributed by atoms with Crippen molar-refractivity contribution in [1.82, 2.24) is 14.7 Å². The summed E-state index contributed by atoms with van der Waals surface area (Å²) in [5.74, 6) is 0.0383. The molecule has 4 heteroatoms. The van der Waals surface area contributed by atoms with Gasteiger partial charge in [-0.3, -0.25) is 4.79 Å². The fraction of sp³-hybridized carbons (Fsp3) is 0.167. The molecule has 3 rings (SSSR count). The molecular formula is C12H11N3O. The van der Waals surface area contributed by atoms with E-state index in [0.717, 1.165) is 11.3 Å². The fourth-order valence-electron chi connectivity index (χ4n) is 2.00. The van der Waals surface area contributed by atoms with Crippen LogP contribution in [0, 0.1) is 0 Å². The number of hydrogen-bond donors (Lipinski definition) is 0. The van der Waals surface area contributed by atoms with Crippen molar-refractivity contribution >= 4 is 5.91 Å². The van der Waals surface area contributed by atoms with Gasteiger partial charge in [0.05, 0.1) is 11.9 Å². The van der Waals surface area contributed by atoms with Crippen molar-refractivity contribution in [1.29, 1.82) is 0 Å². The molecule has 0 saturated carbocycles. The third kappa shape index (κ3) is 1.16. The van der Waals surface area contributed by atoms with E-state index in [2.05, 4.69) is 5.10 Å². The van der Waals surface area contributed by atoms with Crippen molar-refractivity contribution in [3.05, 3.63) is 47.8 Å². The second-order valence-electron chi connectivity index (χ2n) is 3.93. The average Bonchev–Trinajstić information content (AvgIpc) is 2.83. The maximum atomic E-state index is 11.9. The van der Waals surface area contributed by atoms with Crippen molar-refractivity contribution in [2.75, 3.05) is 7.05 Å². The number of amides is 1. The van der Waals surface area contributed by atoms with Crippen LogP contribution in [-0.2, 0) is 6.54 Å². The van der Waals surface area contributed by atoms with Crippen LogP contribution in [0.4, 0.5) is 0 Å². The molecule has 80 valence electrons. The van der Waals surface area contributed by atoms with E-state index < -0.39 is 0 Å². The van der Waals surface area contributed by atoms with Crippen LogP contribution in [0.2, 0.25) is 0 Å². The van der Waals surface area contributed by atoms with Gasteiger partial charge in [-0.15, -0.1) is 0 Å². The number of fused-ring (bicyclic) bond motifs is 1. The predicted molar refractivity (Wildman–Crippen MR) is 59.4 cm³/mol. The number of rotatable bonds is 1. The number of carbonyl (C=O) groups is 1. The summed E-state index contributed by atoms with van der Waals surface area (Å²) in [6.45, 7) is 0.654. The molecule has 4 nitrogen and oxygen atoms in total. The summed E-state index contributed by atoms with van der Waals surface area (Å²) in [7, 11) is 1.80. The van der Waals surface area contributed by atoms with E-state index in [0.29, 0.717) is 12.2 Å². The zero-order valence-electron chi connectivity index (χ0n) is 8.92. The second kappa shape index (κ2) is 3.20. The maximum absolute atomic E-state index is 11.9. The normalized spacial score (nSPS) is 14.3. The first-order valence-electron chi connectivity index (χ1n) is 5.15. The van der Waals surface area contributed by atoms with Gasteiger partial charge in [0.25, 0.3) is 5.91 Å². The van der Waals surface area contributed by atoms with Crippen molar-refractivity contribution in [3.63, 3.8) is 0 Å². The number of para-hydroxylation sites is 1. The van der Waals surface area contributed by atoms with Gasteiger partial charge in [-0.1, -0.05) is 18.2 Å². The summed E-state index contributed by atoms with van der Waals surface area (Å²) in [5, 5.41) is 4.26. The molecule has 0 N–H and O–H groups in total. The quantitative estimate of drug-likeness (QED) is 0.719. The van der Waals surface area contributed by atoms with Crippen LogP contribution in [0.3, 0.4) is 0 Å². The maximum Gasteiger partial charge on any atom is 0.272 e. The Morgan fingerprint density at radius 3 is 2.75 bits per heavy atom. The highest BCUT2D eigenvalue weighted by atomic mass is 16.2. The molecule has 2 aromatic rings. The number of benzene rings is 1. The summed E-state index contributed by atoms with van der Waals surface area (Å²) in [5.41, 5.74) is 2.61. The molecule has 1 aromatic heterocycles.